The van der Waals surface area contributed by atoms with Crippen molar-refractivity contribution in [2.75, 3.05) is 12.4 Å². The number of amides is 1. The molecule has 0 spiro atoms. The summed E-state index contributed by atoms with van der Waals surface area (Å²) in [6, 6.07) is 16.8. The highest BCUT2D eigenvalue weighted by Crippen LogP contribution is 2.27. The molecular formula is C22H24N2O5S. The molecule has 2 aromatic carbocycles. The third kappa shape index (κ3) is 5.20. The maximum absolute atomic E-state index is 13.4. The number of carboxylic acids is 1. The zero-order valence-corrected chi connectivity index (χ0v) is 17.3. The molecule has 1 aliphatic rings. The van der Waals surface area contributed by atoms with Gasteiger partial charge >= 0.3 is 11.9 Å². The molecule has 0 bridgehead atoms. The minimum absolute atomic E-state index is 0.158. The molecule has 0 aliphatic carbocycles. The Morgan fingerprint density at radius 2 is 1.67 bits per heavy atom. The summed E-state index contributed by atoms with van der Waals surface area (Å²) in [6.45, 7) is 1.84. The Labute approximate surface area is 179 Å². The van der Waals surface area contributed by atoms with Crippen molar-refractivity contribution >= 4 is 29.6 Å². The predicted octanol–water partition coefficient (Wildman–Crippen LogP) is 1.98. The van der Waals surface area contributed by atoms with Gasteiger partial charge in [-0.2, -0.15) is 0 Å². The van der Waals surface area contributed by atoms with Crippen LogP contribution in [0.5, 0.6) is 0 Å². The molecule has 3 atom stereocenters. The van der Waals surface area contributed by atoms with Gasteiger partial charge in [0.2, 0.25) is 5.91 Å². The smallest absolute Gasteiger partial charge is 0.331 e. The first kappa shape index (κ1) is 21.9. The van der Waals surface area contributed by atoms with Crippen molar-refractivity contribution in [1.82, 2.24) is 10.6 Å². The van der Waals surface area contributed by atoms with Crippen LogP contribution in [0, 0.1) is 0 Å². The van der Waals surface area contributed by atoms with Crippen LogP contribution in [0.15, 0.2) is 60.7 Å². The van der Waals surface area contributed by atoms with Crippen molar-refractivity contribution in [3.8, 4) is 0 Å². The van der Waals surface area contributed by atoms with Crippen LogP contribution in [0.25, 0.3) is 0 Å². The number of hydrogen-bond donors (Lipinski definition) is 3. The SMILES string of the molecule is CCOC(=O)[C@H](NC(=O)C(c1ccccc1)c1ccccc1)[C@H]1N[C@H](C(=O)O)CS1. The van der Waals surface area contributed by atoms with Crippen molar-refractivity contribution in [3.63, 3.8) is 0 Å². The molecule has 158 valence electrons. The molecule has 0 unspecified atom stereocenters. The third-order valence-corrected chi connectivity index (χ3v) is 6.07. The molecule has 1 amide bonds. The predicted molar refractivity (Wildman–Crippen MR) is 114 cm³/mol. The summed E-state index contributed by atoms with van der Waals surface area (Å²) in [4.78, 5) is 37.2. The molecule has 1 fully saturated rings. The van der Waals surface area contributed by atoms with Gasteiger partial charge in [-0.25, -0.2) is 4.79 Å². The molecule has 30 heavy (non-hydrogen) atoms. The summed E-state index contributed by atoms with van der Waals surface area (Å²) in [5, 5.41) is 14.4. The van der Waals surface area contributed by atoms with Gasteiger partial charge in [-0.05, 0) is 18.1 Å². The van der Waals surface area contributed by atoms with Gasteiger partial charge in [0.15, 0.2) is 6.04 Å². The van der Waals surface area contributed by atoms with Gasteiger partial charge in [-0.15, -0.1) is 11.8 Å². The number of aliphatic carboxylic acids is 1. The molecule has 2 aromatic rings. The summed E-state index contributed by atoms with van der Waals surface area (Å²) in [7, 11) is 0. The highest BCUT2D eigenvalue weighted by molar-refractivity contribution is 8.00. The Bertz CT molecular complexity index is 838. The van der Waals surface area contributed by atoms with Gasteiger partial charge in [0.05, 0.1) is 17.9 Å². The highest BCUT2D eigenvalue weighted by atomic mass is 32.2. The van der Waals surface area contributed by atoms with E-state index in [1.165, 1.54) is 11.8 Å². The molecule has 8 heteroatoms. The van der Waals surface area contributed by atoms with Crippen LogP contribution in [0.4, 0.5) is 0 Å². The maximum atomic E-state index is 13.4. The second-order valence-electron chi connectivity index (χ2n) is 6.80. The second kappa shape index (κ2) is 10.3. The van der Waals surface area contributed by atoms with Crippen molar-refractivity contribution in [2.45, 2.75) is 30.3 Å². The first-order valence-corrected chi connectivity index (χ1v) is 10.7. The maximum Gasteiger partial charge on any atom is 0.331 e. The van der Waals surface area contributed by atoms with Crippen molar-refractivity contribution in [2.24, 2.45) is 0 Å². The van der Waals surface area contributed by atoms with Crippen LogP contribution >= 0.6 is 11.8 Å². The zero-order chi connectivity index (χ0) is 21.5. The molecule has 7 nitrogen and oxygen atoms in total. The van der Waals surface area contributed by atoms with Crippen LogP contribution in [0.3, 0.4) is 0 Å². The minimum atomic E-state index is -1.01. The van der Waals surface area contributed by atoms with Gasteiger partial charge in [0, 0.05) is 5.75 Å². The van der Waals surface area contributed by atoms with Crippen molar-refractivity contribution in [1.29, 1.82) is 0 Å². The largest absolute Gasteiger partial charge is 0.480 e. The van der Waals surface area contributed by atoms with Gasteiger partial charge in [-0.1, -0.05) is 60.7 Å². The average Bonchev–Trinajstić information content (AvgIpc) is 3.24. The number of benzene rings is 2. The molecule has 0 saturated carbocycles. The highest BCUT2D eigenvalue weighted by Gasteiger charge is 2.40. The van der Waals surface area contributed by atoms with Crippen LogP contribution in [0.2, 0.25) is 0 Å². The Hall–Kier alpha value is -2.84. The molecule has 1 aliphatic heterocycles. The van der Waals surface area contributed by atoms with E-state index in [2.05, 4.69) is 10.6 Å². The number of carbonyl (C=O) groups is 3. The molecule has 0 radical (unpaired) electrons. The van der Waals surface area contributed by atoms with E-state index in [-0.39, 0.29) is 12.5 Å². The van der Waals surface area contributed by atoms with Crippen LogP contribution in [-0.4, -0.2) is 52.8 Å². The topological polar surface area (TPSA) is 105 Å². The van der Waals surface area contributed by atoms with Gasteiger partial charge < -0.3 is 15.2 Å². The number of rotatable bonds is 8. The molecule has 0 aromatic heterocycles. The number of carboxylic acid groups (broad SMARTS) is 1. The first-order chi connectivity index (χ1) is 14.5. The minimum Gasteiger partial charge on any atom is -0.480 e. The normalized spacial score (nSPS) is 19.3. The lowest BCUT2D eigenvalue weighted by Crippen LogP contribution is -2.54. The molecule has 3 N–H and O–H groups in total. The number of nitrogens with one attached hydrogen (secondary N) is 2. The Kier molecular flexibility index (Phi) is 7.48. The molecule has 3 rings (SSSR count). The van der Waals surface area contributed by atoms with Gasteiger partial charge in [-0.3, -0.25) is 14.9 Å². The van der Waals surface area contributed by atoms with E-state index in [0.29, 0.717) is 5.75 Å². The molecule has 1 saturated heterocycles. The van der Waals surface area contributed by atoms with Crippen molar-refractivity contribution < 1.29 is 24.2 Å². The van der Waals surface area contributed by atoms with Crippen LogP contribution in [-0.2, 0) is 19.1 Å². The Morgan fingerprint density at radius 1 is 1.10 bits per heavy atom. The van der Waals surface area contributed by atoms with Gasteiger partial charge in [0.1, 0.15) is 6.04 Å². The fraction of sp³-hybridized carbons (Fsp3) is 0.318. The number of thioether (sulfide) groups is 1. The van der Waals surface area contributed by atoms with E-state index in [0.717, 1.165) is 11.1 Å². The van der Waals surface area contributed by atoms with Crippen LogP contribution < -0.4 is 10.6 Å². The van der Waals surface area contributed by atoms with Gasteiger partial charge in [0.25, 0.3) is 0 Å². The lowest BCUT2D eigenvalue weighted by molar-refractivity contribution is -0.148. The summed E-state index contributed by atoms with van der Waals surface area (Å²) in [5.74, 6) is -2.27. The van der Waals surface area contributed by atoms with Crippen LogP contribution in [0.1, 0.15) is 24.0 Å². The summed E-state index contributed by atoms with van der Waals surface area (Å²) in [6.07, 6.45) is 0. The summed E-state index contributed by atoms with van der Waals surface area (Å²) < 4.78 is 5.15. The quantitative estimate of drug-likeness (QED) is 0.552. The Balaban J connectivity index is 1.87. The van der Waals surface area contributed by atoms with E-state index in [9.17, 15) is 19.5 Å². The Morgan fingerprint density at radius 3 is 2.13 bits per heavy atom. The first-order valence-electron chi connectivity index (χ1n) is 9.68. The number of ether oxygens (including phenoxy) is 1. The summed E-state index contributed by atoms with van der Waals surface area (Å²) >= 11 is 1.28. The van der Waals surface area contributed by atoms with E-state index >= 15 is 0 Å². The summed E-state index contributed by atoms with van der Waals surface area (Å²) in [5.41, 5.74) is 1.58. The number of hydrogen-bond acceptors (Lipinski definition) is 6. The second-order valence-corrected chi connectivity index (χ2v) is 7.98. The monoisotopic (exact) mass is 428 g/mol. The van der Waals surface area contributed by atoms with Crippen molar-refractivity contribution in [3.05, 3.63) is 71.8 Å². The lowest BCUT2D eigenvalue weighted by Gasteiger charge is -2.26. The van der Waals surface area contributed by atoms with E-state index in [1.807, 2.05) is 60.7 Å². The zero-order valence-electron chi connectivity index (χ0n) is 16.5. The lowest BCUT2D eigenvalue weighted by atomic mass is 9.90. The number of esters is 1. The molecule has 1 heterocycles. The average molecular weight is 429 g/mol. The van der Waals surface area contributed by atoms with E-state index in [4.69, 9.17) is 4.74 Å². The standard InChI is InChI=1S/C22H24N2O5S/c1-2-29-22(28)18(20-23-16(13-30-20)21(26)27)24-19(25)17(14-9-5-3-6-10-14)15-11-7-4-8-12-15/h3-12,16-18,20,23H,2,13H2,1H3,(H,24,25)(H,26,27)/t16-,18+,20-/m0/s1. The fourth-order valence-electron chi connectivity index (χ4n) is 3.34. The molecular weight excluding hydrogens is 404 g/mol. The van der Waals surface area contributed by atoms with E-state index < -0.39 is 35.3 Å². The third-order valence-electron chi connectivity index (χ3n) is 4.78. The fourth-order valence-corrected chi connectivity index (χ4v) is 4.61. The number of carbonyl (C=O) groups excluding carboxylic acids is 2. The van der Waals surface area contributed by atoms with E-state index in [1.54, 1.807) is 6.92 Å².